The first-order valence-corrected chi connectivity index (χ1v) is 6.80. The first kappa shape index (κ1) is 14.1. The number of nitrogens with one attached hydrogen (secondary N) is 1. The van der Waals surface area contributed by atoms with Gasteiger partial charge in [-0.1, -0.05) is 6.92 Å². The fraction of sp³-hybridized carbons (Fsp3) is 0.600. The Morgan fingerprint density at radius 1 is 1.53 bits per heavy atom. The van der Waals surface area contributed by atoms with Gasteiger partial charge in [0.15, 0.2) is 11.6 Å². The molecule has 0 amide bonds. The van der Waals surface area contributed by atoms with Crippen LogP contribution in [0.2, 0.25) is 0 Å². The third kappa shape index (κ3) is 3.38. The molecule has 0 bridgehead atoms. The number of hydrogen-bond acceptors (Lipinski definition) is 3. The summed E-state index contributed by atoms with van der Waals surface area (Å²) in [5.41, 5.74) is 0.727. The maximum absolute atomic E-state index is 13.6. The van der Waals surface area contributed by atoms with Gasteiger partial charge < -0.3 is 14.8 Å². The highest BCUT2D eigenvalue weighted by molar-refractivity contribution is 5.48. The Kier molecular flexibility index (Phi) is 4.30. The van der Waals surface area contributed by atoms with E-state index >= 15 is 0 Å². The van der Waals surface area contributed by atoms with E-state index in [9.17, 15) is 4.39 Å². The number of rotatable bonds is 4. The van der Waals surface area contributed by atoms with Gasteiger partial charge in [-0.3, -0.25) is 0 Å². The molecule has 2 rings (SSSR count). The molecule has 2 unspecified atom stereocenters. The second-order valence-corrected chi connectivity index (χ2v) is 5.34. The Morgan fingerprint density at radius 3 is 2.95 bits per heavy atom. The van der Waals surface area contributed by atoms with Gasteiger partial charge in [-0.05, 0) is 38.3 Å². The monoisotopic (exact) mass is 267 g/mol. The maximum atomic E-state index is 13.6. The smallest absolute Gasteiger partial charge is 0.167 e. The zero-order valence-corrected chi connectivity index (χ0v) is 11.8. The molecular weight excluding hydrogens is 245 g/mol. The summed E-state index contributed by atoms with van der Waals surface area (Å²) in [5.74, 6) is -0.0614. The first-order chi connectivity index (χ1) is 9.06. The van der Waals surface area contributed by atoms with E-state index in [1.165, 1.54) is 13.2 Å². The molecule has 0 radical (unpaired) electrons. The van der Waals surface area contributed by atoms with Crippen LogP contribution in [0.3, 0.4) is 0 Å². The molecule has 0 aromatic heterocycles. The molecule has 0 saturated carbocycles. The summed E-state index contributed by atoms with van der Waals surface area (Å²) in [7, 11) is 1.47. The Hall–Kier alpha value is -1.29. The molecule has 106 valence electrons. The second-order valence-electron chi connectivity index (χ2n) is 5.34. The number of benzene rings is 1. The highest BCUT2D eigenvalue weighted by atomic mass is 19.1. The van der Waals surface area contributed by atoms with Gasteiger partial charge >= 0.3 is 0 Å². The van der Waals surface area contributed by atoms with Gasteiger partial charge in [-0.15, -0.1) is 0 Å². The highest BCUT2D eigenvalue weighted by Crippen LogP contribution is 2.30. The van der Waals surface area contributed by atoms with E-state index < -0.39 is 0 Å². The van der Waals surface area contributed by atoms with Crippen LogP contribution >= 0.6 is 0 Å². The highest BCUT2D eigenvalue weighted by Gasteiger charge is 2.31. The van der Waals surface area contributed by atoms with E-state index in [2.05, 4.69) is 19.2 Å². The number of methoxy groups -OCH3 is 1. The molecule has 2 atom stereocenters. The van der Waals surface area contributed by atoms with Gasteiger partial charge in [0.25, 0.3) is 0 Å². The van der Waals surface area contributed by atoms with Crippen molar-refractivity contribution in [3.63, 3.8) is 0 Å². The number of ether oxygens (including phenoxy) is 2. The van der Waals surface area contributed by atoms with Crippen LogP contribution in [0.25, 0.3) is 0 Å². The molecule has 4 heteroatoms. The quantitative estimate of drug-likeness (QED) is 0.904. The van der Waals surface area contributed by atoms with Crippen LogP contribution < -0.4 is 10.1 Å². The molecule has 1 aliphatic rings. The summed E-state index contributed by atoms with van der Waals surface area (Å²) in [6, 6.07) is 5.31. The van der Waals surface area contributed by atoms with Gasteiger partial charge in [0, 0.05) is 24.4 Å². The van der Waals surface area contributed by atoms with Crippen LogP contribution in [0.15, 0.2) is 18.2 Å². The van der Waals surface area contributed by atoms with E-state index in [1.54, 1.807) is 6.07 Å². The first-order valence-electron chi connectivity index (χ1n) is 6.80. The van der Waals surface area contributed by atoms with Crippen LogP contribution in [0.5, 0.6) is 5.75 Å². The summed E-state index contributed by atoms with van der Waals surface area (Å²) in [6.45, 7) is 5.02. The third-order valence-corrected chi connectivity index (χ3v) is 3.87. The molecule has 1 aromatic carbocycles. The fourth-order valence-corrected chi connectivity index (χ4v) is 2.49. The number of anilines is 1. The summed E-state index contributed by atoms with van der Waals surface area (Å²) >= 11 is 0. The van der Waals surface area contributed by atoms with E-state index in [0.717, 1.165) is 31.6 Å². The van der Waals surface area contributed by atoms with Crippen molar-refractivity contribution in [3.8, 4) is 5.75 Å². The molecule has 1 aliphatic heterocycles. The zero-order valence-electron chi connectivity index (χ0n) is 11.8. The molecule has 1 saturated heterocycles. The molecule has 1 fully saturated rings. The zero-order chi connectivity index (χ0) is 13.9. The summed E-state index contributed by atoms with van der Waals surface area (Å²) in [6.07, 6.45) is 2.88. The topological polar surface area (TPSA) is 30.5 Å². The van der Waals surface area contributed by atoms with Crippen molar-refractivity contribution in [3.05, 3.63) is 24.0 Å². The molecule has 19 heavy (non-hydrogen) atoms. The molecule has 1 N–H and O–H groups in total. The van der Waals surface area contributed by atoms with Crippen molar-refractivity contribution >= 4 is 5.69 Å². The standard InChI is InChI=1S/C15H22FNO2/c1-4-15(2)10-12(7-8-19-15)17-11-5-6-14(18-3)13(16)9-11/h5-6,9,12,17H,4,7-8,10H2,1-3H3. The van der Waals surface area contributed by atoms with E-state index in [0.29, 0.717) is 6.04 Å². The second kappa shape index (κ2) is 5.78. The Bertz CT molecular complexity index is 438. The van der Waals surface area contributed by atoms with Gasteiger partial charge in [0.05, 0.1) is 12.7 Å². The number of hydrogen-bond donors (Lipinski definition) is 1. The van der Waals surface area contributed by atoms with Crippen molar-refractivity contribution in [2.75, 3.05) is 19.0 Å². The lowest BCUT2D eigenvalue weighted by molar-refractivity contribution is -0.0708. The summed E-state index contributed by atoms with van der Waals surface area (Å²) < 4.78 is 24.4. The van der Waals surface area contributed by atoms with Crippen molar-refractivity contribution in [1.82, 2.24) is 0 Å². The largest absolute Gasteiger partial charge is 0.494 e. The van der Waals surface area contributed by atoms with Gasteiger partial charge in [0.2, 0.25) is 0 Å². The van der Waals surface area contributed by atoms with Crippen LogP contribution in [0.1, 0.15) is 33.1 Å². The van der Waals surface area contributed by atoms with Gasteiger partial charge in [-0.2, -0.15) is 0 Å². The van der Waals surface area contributed by atoms with Crippen LogP contribution in [-0.2, 0) is 4.74 Å². The Labute approximate surface area is 114 Å². The third-order valence-electron chi connectivity index (χ3n) is 3.87. The van der Waals surface area contributed by atoms with E-state index in [-0.39, 0.29) is 17.2 Å². The lowest BCUT2D eigenvalue weighted by Gasteiger charge is -2.38. The van der Waals surface area contributed by atoms with Crippen molar-refractivity contribution in [2.45, 2.75) is 44.8 Å². The van der Waals surface area contributed by atoms with Crippen LogP contribution in [0.4, 0.5) is 10.1 Å². The minimum absolute atomic E-state index is 0.0685. The van der Waals surface area contributed by atoms with Crippen LogP contribution in [-0.4, -0.2) is 25.4 Å². The lowest BCUT2D eigenvalue weighted by atomic mass is 9.90. The number of halogens is 1. The molecule has 0 spiro atoms. The average molecular weight is 267 g/mol. The van der Waals surface area contributed by atoms with Crippen molar-refractivity contribution < 1.29 is 13.9 Å². The Morgan fingerprint density at radius 2 is 2.32 bits per heavy atom. The average Bonchev–Trinajstić information content (AvgIpc) is 2.39. The maximum Gasteiger partial charge on any atom is 0.167 e. The molecule has 3 nitrogen and oxygen atoms in total. The SMILES string of the molecule is CCC1(C)CC(Nc2ccc(OC)c(F)c2)CCO1. The van der Waals surface area contributed by atoms with E-state index in [4.69, 9.17) is 9.47 Å². The predicted octanol–water partition coefficient (Wildman–Crippen LogP) is 3.59. The van der Waals surface area contributed by atoms with Crippen LogP contribution in [0, 0.1) is 5.82 Å². The van der Waals surface area contributed by atoms with Crippen molar-refractivity contribution in [2.24, 2.45) is 0 Å². The molecule has 1 aromatic rings. The molecule has 1 heterocycles. The Balaban J connectivity index is 2.03. The van der Waals surface area contributed by atoms with Crippen molar-refractivity contribution in [1.29, 1.82) is 0 Å². The predicted molar refractivity (Wildman–Crippen MR) is 74.2 cm³/mol. The molecular formula is C15H22FNO2. The molecule has 0 aliphatic carbocycles. The van der Waals surface area contributed by atoms with Gasteiger partial charge in [-0.25, -0.2) is 4.39 Å². The summed E-state index contributed by atoms with van der Waals surface area (Å²) in [4.78, 5) is 0. The minimum atomic E-state index is -0.335. The minimum Gasteiger partial charge on any atom is -0.494 e. The lowest BCUT2D eigenvalue weighted by Crippen LogP contribution is -2.41. The summed E-state index contributed by atoms with van der Waals surface area (Å²) in [5, 5.41) is 3.39. The fourth-order valence-electron chi connectivity index (χ4n) is 2.49. The van der Waals surface area contributed by atoms with E-state index in [1.807, 2.05) is 6.07 Å². The normalized spacial score (nSPS) is 27.1. The van der Waals surface area contributed by atoms with Gasteiger partial charge in [0.1, 0.15) is 0 Å².